The van der Waals surface area contributed by atoms with Gasteiger partial charge in [-0.1, -0.05) is 30.7 Å². The number of benzene rings is 2. The van der Waals surface area contributed by atoms with Crippen molar-refractivity contribution in [2.45, 2.75) is 13.3 Å². The van der Waals surface area contributed by atoms with E-state index in [0.29, 0.717) is 22.7 Å². The third-order valence-corrected chi connectivity index (χ3v) is 4.65. The summed E-state index contributed by atoms with van der Waals surface area (Å²) in [6.07, 6.45) is 0.611. The molecule has 0 spiro atoms. The third kappa shape index (κ3) is 2.52. The lowest BCUT2D eigenvalue weighted by molar-refractivity contribution is 0.477. The lowest BCUT2D eigenvalue weighted by Gasteiger charge is -2.08. The van der Waals surface area contributed by atoms with E-state index in [9.17, 15) is 5.11 Å². The highest BCUT2D eigenvalue weighted by molar-refractivity contribution is 7.21. The second kappa shape index (κ2) is 5.47. The van der Waals surface area contributed by atoms with Crippen LogP contribution < -0.4 is 0 Å². The van der Waals surface area contributed by atoms with Crippen LogP contribution in [-0.2, 0) is 0 Å². The van der Waals surface area contributed by atoms with Crippen molar-refractivity contribution in [1.29, 1.82) is 5.41 Å². The van der Waals surface area contributed by atoms with Crippen molar-refractivity contribution < 1.29 is 5.11 Å². The molecule has 3 nitrogen and oxygen atoms in total. The predicted molar refractivity (Wildman–Crippen MR) is 88.9 cm³/mol. The molecule has 0 bridgehead atoms. The lowest BCUT2D eigenvalue weighted by Crippen LogP contribution is -1.97. The average molecular weight is 317 g/mol. The van der Waals surface area contributed by atoms with Gasteiger partial charge < -0.3 is 10.5 Å². The molecular weight excluding hydrogens is 304 g/mol. The number of nitrogens with one attached hydrogen (secondary N) is 1. The molecule has 0 fully saturated rings. The Morgan fingerprint density at radius 2 is 2.10 bits per heavy atom. The first kappa shape index (κ1) is 14.0. The van der Waals surface area contributed by atoms with E-state index in [4.69, 9.17) is 17.0 Å². The van der Waals surface area contributed by atoms with Gasteiger partial charge in [0.25, 0.3) is 0 Å². The van der Waals surface area contributed by atoms with E-state index in [1.54, 1.807) is 12.1 Å². The van der Waals surface area contributed by atoms with Gasteiger partial charge in [0.1, 0.15) is 10.8 Å². The number of halogens is 1. The van der Waals surface area contributed by atoms with Gasteiger partial charge in [0.15, 0.2) is 0 Å². The summed E-state index contributed by atoms with van der Waals surface area (Å²) in [5, 5.41) is 19.1. The first-order chi connectivity index (χ1) is 10.1. The molecule has 0 amide bonds. The molecule has 0 aliphatic heterocycles. The number of phenols is 1. The summed E-state index contributed by atoms with van der Waals surface area (Å²) in [4.78, 5) is 4.54. The fourth-order valence-electron chi connectivity index (χ4n) is 2.13. The Kier molecular flexibility index (Phi) is 3.66. The van der Waals surface area contributed by atoms with E-state index < -0.39 is 0 Å². The standard InChI is InChI=1S/C16H13ClN2OS/c1-2-12(18)9-7-10(15(20)11(17)8-9)16-19-13-5-3-4-6-14(13)21-16/h3-8,18,20H,2H2,1H3. The Bertz CT molecular complexity index is 808. The molecule has 5 heteroatoms. The van der Waals surface area contributed by atoms with Gasteiger partial charge in [0.05, 0.1) is 20.8 Å². The molecule has 0 aliphatic rings. The summed E-state index contributed by atoms with van der Waals surface area (Å²) in [6, 6.07) is 11.2. The monoisotopic (exact) mass is 316 g/mol. The zero-order valence-electron chi connectivity index (χ0n) is 11.4. The summed E-state index contributed by atoms with van der Waals surface area (Å²) in [6.45, 7) is 1.92. The van der Waals surface area contributed by atoms with Crippen LogP contribution in [0.1, 0.15) is 18.9 Å². The number of rotatable bonds is 3. The van der Waals surface area contributed by atoms with Crippen LogP contribution in [0.15, 0.2) is 36.4 Å². The van der Waals surface area contributed by atoms with Gasteiger partial charge in [0, 0.05) is 5.71 Å². The van der Waals surface area contributed by atoms with Crippen LogP contribution in [0.4, 0.5) is 0 Å². The van der Waals surface area contributed by atoms with Gasteiger partial charge >= 0.3 is 0 Å². The Hall–Kier alpha value is -1.91. The van der Waals surface area contributed by atoms with Crippen molar-refractivity contribution in [3.63, 3.8) is 0 Å². The van der Waals surface area contributed by atoms with Gasteiger partial charge in [0.2, 0.25) is 0 Å². The van der Waals surface area contributed by atoms with Crippen molar-refractivity contribution in [3.05, 3.63) is 47.0 Å². The highest BCUT2D eigenvalue weighted by atomic mass is 35.5. The first-order valence-electron chi connectivity index (χ1n) is 6.56. The molecular formula is C16H13ClN2OS. The number of para-hydroxylation sites is 1. The number of hydrogen-bond donors (Lipinski definition) is 2. The molecule has 0 aliphatic carbocycles. The third-order valence-electron chi connectivity index (χ3n) is 3.29. The van der Waals surface area contributed by atoms with Crippen LogP contribution in [0, 0.1) is 5.41 Å². The van der Waals surface area contributed by atoms with E-state index in [0.717, 1.165) is 15.8 Å². The van der Waals surface area contributed by atoms with E-state index in [1.807, 2.05) is 31.2 Å². The minimum atomic E-state index is 0.0170. The fourth-order valence-corrected chi connectivity index (χ4v) is 3.33. The maximum absolute atomic E-state index is 10.2. The number of thiazole rings is 1. The van der Waals surface area contributed by atoms with E-state index in [-0.39, 0.29) is 10.8 Å². The molecule has 0 saturated heterocycles. The highest BCUT2D eigenvalue weighted by Crippen LogP contribution is 2.40. The highest BCUT2D eigenvalue weighted by Gasteiger charge is 2.15. The second-order valence-corrected chi connectivity index (χ2v) is 6.11. The van der Waals surface area contributed by atoms with Crippen LogP contribution in [0.2, 0.25) is 5.02 Å². The summed E-state index contributed by atoms with van der Waals surface area (Å²) < 4.78 is 1.05. The normalized spacial score (nSPS) is 11.0. The van der Waals surface area contributed by atoms with Crippen LogP contribution in [-0.4, -0.2) is 15.8 Å². The average Bonchev–Trinajstić information content (AvgIpc) is 2.92. The largest absolute Gasteiger partial charge is 0.506 e. The zero-order chi connectivity index (χ0) is 15.0. The number of aromatic nitrogens is 1. The number of nitrogens with zero attached hydrogens (tertiary/aromatic N) is 1. The maximum atomic E-state index is 10.2. The van der Waals surface area contributed by atoms with Crippen molar-refractivity contribution in [1.82, 2.24) is 4.98 Å². The molecule has 3 rings (SSSR count). The van der Waals surface area contributed by atoms with Gasteiger partial charge in [-0.05, 0) is 36.2 Å². The van der Waals surface area contributed by atoms with Crippen LogP contribution in [0.25, 0.3) is 20.8 Å². The molecule has 106 valence electrons. The lowest BCUT2D eigenvalue weighted by atomic mass is 10.0. The molecule has 1 aromatic heterocycles. The SMILES string of the molecule is CCC(=N)c1cc(Cl)c(O)c(-c2nc3ccccc3s2)c1. The van der Waals surface area contributed by atoms with Crippen molar-refractivity contribution >= 4 is 38.9 Å². The Balaban J connectivity index is 2.20. The minimum absolute atomic E-state index is 0.0170. The molecule has 0 atom stereocenters. The van der Waals surface area contributed by atoms with E-state index in [1.165, 1.54) is 11.3 Å². The number of aromatic hydroxyl groups is 1. The molecule has 1 heterocycles. The Labute approximate surface area is 131 Å². The van der Waals surface area contributed by atoms with Gasteiger partial charge in [-0.2, -0.15) is 0 Å². The Morgan fingerprint density at radius 1 is 1.33 bits per heavy atom. The van der Waals surface area contributed by atoms with Crippen LogP contribution in [0.3, 0.4) is 0 Å². The topological polar surface area (TPSA) is 57.0 Å². The van der Waals surface area contributed by atoms with Crippen molar-refractivity contribution in [2.24, 2.45) is 0 Å². The molecule has 2 aromatic carbocycles. The van der Waals surface area contributed by atoms with Gasteiger partial charge in [-0.25, -0.2) is 4.98 Å². The quantitative estimate of drug-likeness (QED) is 0.660. The zero-order valence-corrected chi connectivity index (χ0v) is 12.9. The van der Waals surface area contributed by atoms with Gasteiger partial charge in [-0.15, -0.1) is 11.3 Å². The Morgan fingerprint density at radius 3 is 2.81 bits per heavy atom. The maximum Gasteiger partial charge on any atom is 0.144 e. The molecule has 0 radical (unpaired) electrons. The fraction of sp³-hybridized carbons (Fsp3) is 0.125. The van der Waals surface area contributed by atoms with Crippen LogP contribution >= 0.6 is 22.9 Å². The molecule has 21 heavy (non-hydrogen) atoms. The number of hydrogen-bond acceptors (Lipinski definition) is 4. The molecule has 2 N–H and O–H groups in total. The summed E-state index contributed by atoms with van der Waals surface area (Å²) in [5.74, 6) is 0.0170. The molecule has 0 saturated carbocycles. The van der Waals surface area contributed by atoms with Crippen molar-refractivity contribution in [2.75, 3.05) is 0 Å². The molecule has 0 unspecified atom stereocenters. The van der Waals surface area contributed by atoms with Gasteiger partial charge in [-0.3, -0.25) is 0 Å². The summed E-state index contributed by atoms with van der Waals surface area (Å²) in [5.41, 5.74) is 2.68. The number of phenolic OH excluding ortho intramolecular Hbond substituents is 1. The summed E-state index contributed by atoms with van der Waals surface area (Å²) >= 11 is 7.60. The second-order valence-electron chi connectivity index (χ2n) is 4.67. The number of fused-ring (bicyclic) bond motifs is 1. The first-order valence-corrected chi connectivity index (χ1v) is 7.76. The molecule has 3 aromatic rings. The van der Waals surface area contributed by atoms with E-state index in [2.05, 4.69) is 4.98 Å². The smallest absolute Gasteiger partial charge is 0.144 e. The minimum Gasteiger partial charge on any atom is -0.506 e. The predicted octanol–water partition coefficient (Wildman–Crippen LogP) is 5.10. The van der Waals surface area contributed by atoms with Crippen molar-refractivity contribution in [3.8, 4) is 16.3 Å². The summed E-state index contributed by atoms with van der Waals surface area (Å²) in [7, 11) is 0. The van der Waals surface area contributed by atoms with Crippen LogP contribution in [0.5, 0.6) is 5.75 Å². The van der Waals surface area contributed by atoms with E-state index >= 15 is 0 Å².